The quantitative estimate of drug-likeness (QED) is 0.738. The summed E-state index contributed by atoms with van der Waals surface area (Å²) in [4.78, 5) is 25.9. The van der Waals surface area contributed by atoms with Gasteiger partial charge in [0.05, 0.1) is 0 Å². The van der Waals surface area contributed by atoms with Crippen LogP contribution >= 0.6 is 0 Å². The van der Waals surface area contributed by atoms with Crippen LogP contribution in [-0.4, -0.2) is 60.8 Å². The lowest BCUT2D eigenvalue weighted by Gasteiger charge is -2.34. The highest BCUT2D eigenvalue weighted by Crippen LogP contribution is 2.24. The first kappa shape index (κ1) is 20.7. The number of amides is 2. The zero-order valence-electron chi connectivity index (χ0n) is 16.2. The number of nitrogens with one attached hydrogen (secondary N) is 1. The van der Waals surface area contributed by atoms with Crippen LogP contribution in [0.3, 0.4) is 0 Å². The Morgan fingerprint density at radius 1 is 1.21 bits per heavy atom. The molecule has 1 aliphatic rings. The summed E-state index contributed by atoms with van der Waals surface area (Å²) in [7, 11) is -3.73. The van der Waals surface area contributed by atoms with Crippen molar-refractivity contribution in [2.24, 2.45) is 0 Å². The number of aromatic nitrogens is 1. The van der Waals surface area contributed by atoms with Gasteiger partial charge in [0.2, 0.25) is 15.9 Å². The van der Waals surface area contributed by atoms with Crippen LogP contribution in [0.1, 0.15) is 21.8 Å². The molecule has 0 aliphatic carbocycles. The minimum atomic E-state index is -3.73. The van der Waals surface area contributed by atoms with E-state index in [0.717, 1.165) is 6.08 Å². The number of carbonyl (C=O) groups is 2. The van der Waals surface area contributed by atoms with Crippen molar-refractivity contribution >= 4 is 27.5 Å². The third kappa shape index (κ3) is 4.22. The van der Waals surface area contributed by atoms with Crippen molar-refractivity contribution in [1.29, 1.82) is 0 Å². The fourth-order valence-corrected chi connectivity index (χ4v) is 4.92. The minimum Gasteiger partial charge on any atom is -0.360 e. The van der Waals surface area contributed by atoms with Crippen LogP contribution < -0.4 is 5.32 Å². The highest BCUT2D eigenvalue weighted by Gasteiger charge is 2.34. The summed E-state index contributed by atoms with van der Waals surface area (Å²) in [6.45, 7) is 7.39. The molecule has 0 radical (unpaired) electrons. The zero-order valence-corrected chi connectivity index (χ0v) is 17.0. The van der Waals surface area contributed by atoms with Crippen LogP contribution in [0.15, 0.2) is 46.3 Å². The molecule has 9 nitrogen and oxygen atoms in total. The molecule has 2 aromatic rings. The molecule has 1 aromatic carbocycles. The van der Waals surface area contributed by atoms with Gasteiger partial charge in [-0.1, -0.05) is 17.8 Å². The number of rotatable bonds is 5. The smallest absolute Gasteiger partial charge is 0.254 e. The van der Waals surface area contributed by atoms with E-state index in [1.54, 1.807) is 43.0 Å². The monoisotopic (exact) mass is 418 g/mol. The Morgan fingerprint density at radius 3 is 2.48 bits per heavy atom. The lowest BCUT2D eigenvalue weighted by atomic mass is 10.1. The van der Waals surface area contributed by atoms with Gasteiger partial charge in [0, 0.05) is 37.4 Å². The van der Waals surface area contributed by atoms with Crippen molar-refractivity contribution in [2.75, 3.05) is 31.5 Å². The molecule has 1 aromatic heterocycles. The van der Waals surface area contributed by atoms with E-state index in [9.17, 15) is 18.0 Å². The molecule has 1 fully saturated rings. The number of sulfonamides is 1. The summed E-state index contributed by atoms with van der Waals surface area (Å²) in [5.41, 5.74) is 1.22. The Bertz CT molecular complexity index is 1030. The molecule has 10 heteroatoms. The summed E-state index contributed by atoms with van der Waals surface area (Å²) >= 11 is 0. The number of benzene rings is 1. The first-order valence-electron chi connectivity index (χ1n) is 9.00. The predicted octanol–water partition coefficient (Wildman–Crippen LogP) is 1.56. The Kier molecular flexibility index (Phi) is 5.85. The summed E-state index contributed by atoms with van der Waals surface area (Å²) in [5, 5.41) is 6.33. The van der Waals surface area contributed by atoms with Gasteiger partial charge in [-0.2, -0.15) is 4.31 Å². The third-order valence-electron chi connectivity index (χ3n) is 4.65. The summed E-state index contributed by atoms with van der Waals surface area (Å²) in [6, 6.07) is 6.58. The van der Waals surface area contributed by atoms with E-state index in [1.807, 2.05) is 0 Å². The topological polar surface area (TPSA) is 113 Å². The van der Waals surface area contributed by atoms with Crippen LogP contribution in [0.5, 0.6) is 0 Å². The molecule has 2 amide bonds. The summed E-state index contributed by atoms with van der Waals surface area (Å²) in [6.07, 6.45) is 1.15. The van der Waals surface area contributed by atoms with Gasteiger partial charge >= 0.3 is 0 Å². The molecule has 0 unspecified atom stereocenters. The van der Waals surface area contributed by atoms with Gasteiger partial charge in [-0.05, 0) is 38.1 Å². The number of nitrogens with zero attached hydrogens (tertiary/aromatic N) is 3. The molecule has 0 atom stereocenters. The van der Waals surface area contributed by atoms with E-state index in [2.05, 4.69) is 17.1 Å². The van der Waals surface area contributed by atoms with E-state index >= 15 is 0 Å². The van der Waals surface area contributed by atoms with Crippen LogP contribution in [-0.2, 0) is 14.8 Å². The van der Waals surface area contributed by atoms with Crippen molar-refractivity contribution in [3.63, 3.8) is 0 Å². The molecule has 0 spiro atoms. The van der Waals surface area contributed by atoms with E-state index in [1.165, 1.54) is 4.31 Å². The van der Waals surface area contributed by atoms with Gasteiger partial charge in [0.15, 0.2) is 5.76 Å². The second kappa shape index (κ2) is 8.18. The molecule has 2 heterocycles. The highest BCUT2D eigenvalue weighted by atomic mass is 32.2. The fraction of sp³-hybridized carbons (Fsp3) is 0.316. The number of carbonyl (C=O) groups excluding carboxylic acids is 2. The van der Waals surface area contributed by atoms with Crippen molar-refractivity contribution in [1.82, 2.24) is 14.4 Å². The first-order chi connectivity index (χ1) is 13.7. The molecular weight excluding hydrogens is 396 g/mol. The van der Waals surface area contributed by atoms with E-state index in [-0.39, 0.29) is 48.6 Å². The van der Waals surface area contributed by atoms with E-state index < -0.39 is 10.0 Å². The van der Waals surface area contributed by atoms with Gasteiger partial charge in [0.25, 0.3) is 5.91 Å². The van der Waals surface area contributed by atoms with Crippen LogP contribution in [0, 0.1) is 13.8 Å². The number of hydrogen-bond donors (Lipinski definition) is 1. The van der Waals surface area contributed by atoms with Crippen molar-refractivity contribution in [3.05, 3.63) is 53.9 Å². The maximum Gasteiger partial charge on any atom is 0.254 e. The average molecular weight is 418 g/mol. The Morgan fingerprint density at radius 2 is 1.90 bits per heavy atom. The summed E-state index contributed by atoms with van der Waals surface area (Å²) in [5.74, 6) is -0.346. The normalized spacial score (nSPS) is 15.2. The van der Waals surface area contributed by atoms with E-state index in [4.69, 9.17) is 4.52 Å². The standard InChI is InChI=1S/C19H22N4O5S/c1-4-17(24)20-16-7-5-6-15(12-16)19(25)22-8-10-23(11-9-22)29(26,27)18-13(2)21-28-14(18)3/h4-7,12H,1,8-11H2,2-3H3,(H,20,24). The van der Waals surface area contributed by atoms with Gasteiger partial charge in [-0.15, -0.1) is 0 Å². The first-order valence-corrected chi connectivity index (χ1v) is 10.4. The number of anilines is 1. The Labute approximate surface area is 169 Å². The molecule has 1 aliphatic heterocycles. The van der Waals surface area contributed by atoms with Crippen molar-refractivity contribution < 1.29 is 22.5 Å². The largest absolute Gasteiger partial charge is 0.360 e. The Hall–Kier alpha value is -2.98. The second-order valence-corrected chi connectivity index (χ2v) is 8.50. The average Bonchev–Trinajstić information content (AvgIpc) is 3.06. The molecular formula is C19H22N4O5S. The molecule has 1 N–H and O–H groups in total. The maximum atomic E-state index is 12.9. The summed E-state index contributed by atoms with van der Waals surface area (Å²) < 4.78 is 32.1. The van der Waals surface area contributed by atoms with Gasteiger partial charge < -0.3 is 14.7 Å². The number of piperazine rings is 1. The molecule has 1 saturated heterocycles. The second-order valence-electron chi connectivity index (χ2n) is 6.62. The minimum absolute atomic E-state index is 0.0861. The lowest BCUT2D eigenvalue weighted by molar-refractivity contribution is -0.111. The van der Waals surface area contributed by atoms with Crippen molar-refractivity contribution in [3.8, 4) is 0 Å². The van der Waals surface area contributed by atoms with Crippen LogP contribution in [0.4, 0.5) is 5.69 Å². The predicted molar refractivity (Wildman–Crippen MR) is 106 cm³/mol. The zero-order chi connectivity index (χ0) is 21.2. The maximum absolute atomic E-state index is 12.9. The lowest BCUT2D eigenvalue weighted by Crippen LogP contribution is -2.50. The van der Waals surface area contributed by atoms with E-state index in [0.29, 0.717) is 16.9 Å². The van der Waals surface area contributed by atoms with Crippen LogP contribution in [0.25, 0.3) is 0 Å². The van der Waals surface area contributed by atoms with Crippen molar-refractivity contribution in [2.45, 2.75) is 18.7 Å². The van der Waals surface area contributed by atoms with Crippen LogP contribution in [0.2, 0.25) is 0 Å². The van der Waals surface area contributed by atoms with Gasteiger partial charge in [0.1, 0.15) is 10.6 Å². The molecule has 154 valence electrons. The molecule has 3 rings (SSSR count). The number of aryl methyl sites for hydroxylation is 2. The third-order valence-corrected chi connectivity index (χ3v) is 6.80. The molecule has 0 bridgehead atoms. The fourth-order valence-electron chi connectivity index (χ4n) is 3.21. The number of hydrogen-bond acceptors (Lipinski definition) is 6. The molecule has 0 saturated carbocycles. The Balaban J connectivity index is 1.69. The highest BCUT2D eigenvalue weighted by molar-refractivity contribution is 7.89. The SMILES string of the molecule is C=CC(=O)Nc1cccc(C(=O)N2CCN(S(=O)(=O)c3c(C)noc3C)CC2)c1. The van der Waals surface area contributed by atoms with Gasteiger partial charge in [-0.25, -0.2) is 8.42 Å². The van der Waals surface area contributed by atoms with Gasteiger partial charge in [-0.3, -0.25) is 9.59 Å². The molecule has 29 heavy (non-hydrogen) atoms.